The Morgan fingerprint density at radius 3 is 2.67 bits per heavy atom. The molecule has 1 rings (SSSR count). The first kappa shape index (κ1) is 15.1. The molecule has 0 aliphatic carbocycles. The average Bonchev–Trinajstić information content (AvgIpc) is 2.38. The summed E-state index contributed by atoms with van der Waals surface area (Å²) in [5.41, 5.74) is 0. The first-order chi connectivity index (χ1) is 8.62. The van der Waals surface area contributed by atoms with Crippen molar-refractivity contribution in [1.29, 1.82) is 0 Å². The maximum Gasteiger partial charge on any atom is 0.191 e. The van der Waals surface area contributed by atoms with E-state index < -0.39 is 0 Å². The highest BCUT2D eigenvalue weighted by molar-refractivity contribution is 7.98. The van der Waals surface area contributed by atoms with E-state index in [4.69, 9.17) is 0 Å². The van der Waals surface area contributed by atoms with Crippen molar-refractivity contribution in [2.24, 2.45) is 0 Å². The van der Waals surface area contributed by atoms with Gasteiger partial charge < -0.3 is 10.2 Å². The molecule has 1 N–H and O–H groups in total. The highest BCUT2D eigenvalue weighted by Crippen LogP contribution is 2.21. The zero-order valence-corrected chi connectivity index (χ0v) is 12.8. The fourth-order valence-electron chi connectivity index (χ4n) is 1.79. The van der Waals surface area contributed by atoms with Gasteiger partial charge in [-0.1, -0.05) is 25.1 Å². The van der Waals surface area contributed by atoms with Crippen LogP contribution in [-0.4, -0.2) is 35.9 Å². The Hall–Kier alpha value is -0.970. The molecule has 0 fully saturated rings. The molecule has 4 nitrogen and oxygen atoms in total. The fourth-order valence-corrected chi connectivity index (χ4v) is 2.17. The van der Waals surface area contributed by atoms with E-state index in [1.165, 1.54) is 12.8 Å². The largest absolute Gasteiger partial charge is 0.370 e. The van der Waals surface area contributed by atoms with E-state index in [2.05, 4.69) is 48.0 Å². The van der Waals surface area contributed by atoms with Crippen LogP contribution in [0.5, 0.6) is 0 Å². The maximum atomic E-state index is 4.58. The van der Waals surface area contributed by atoms with Crippen LogP contribution in [0.3, 0.4) is 0 Å². The number of nitrogens with zero attached hydrogens (tertiary/aromatic N) is 3. The molecule has 102 valence electrons. The molecule has 0 aliphatic heterocycles. The Balaban J connectivity index is 2.95. The molecule has 0 saturated carbocycles. The summed E-state index contributed by atoms with van der Waals surface area (Å²) in [6.45, 7) is 7.39. The van der Waals surface area contributed by atoms with Crippen molar-refractivity contribution >= 4 is 23.4 Å². The first-order valence-electron chi connectivity index (χ1n) is 6.52. The Bertz CT molecular complexity index is 370. The lowest BCUT2D eigenvalue weighted by atomic mass is 10.2. The van der Waals surface area contributed by atoms with Gasteiger partial charge in [0.1, 0.15) is 11.6 Å². The quantitative estimate of drug-likeness (QED) is 0.607. The Morgan fingerprint density at radius 1 is 1.39 bits per heavy atom. The number of anilines is 2. The molecule has 18 heavy (non-hydrogen) atoms. The Labute approximate surface area is 115 Å². The van der Waals surface area contributed by atoms with Crippen molar-refractivity contribution < 1.29 is 0 Å². The standard InChI is InChI=1S/C13H24N4S/c1-6-8-10(3)17(4)12-9-11(14-7-2)15-13(16-12)18-5/h9-10H,6-8H2,1-5H3,(H,14,15,16). The minimum Gasteiger partial charge on any atom is -0.370 e. The summed E-state index contributed by atoms with van der Waals surface area (Å²) in [7, 11) is 2.10. The Kier molecular flexibility index (Phi) is 6.25. The Morgan fingerprint density at radius 2 is 2.11 bits per heavy atom. The highest BCUT2D eigenvalue weighted by Gasteiger charge is 2.12. The van der Waals surface area contributed by atoms with E-state index in [0.29, 0.717) is 6.04 Å². The zero-order valence-electron chi connectivity index (χ0n) is 12.0. The van der Waals surface area contributed by atoms with Crippen molar-refractivity contribution in [3.8, 4) is 0 Å². The summed E-state index contributed by atoms with van der Waals surface area (Å²) < 4.78 is 0. The van der Waals surface area contributed by atoms with Gasteiger partial charge in [-0.3, -0.25) is 0 Å². The van der Waals surface area contributed by atoms with Gasteiger partial charge in [0.15, 0.2) is 5.16 Å². The van der Waals surface area contributed by atoms with Gasteiger partial charge in [-0.25, -0.2) is 9.97 Å². The smallest absolute Gasteiger partial charge is 0.191 e. The second-order valence-corrected chi connectivity index (χ2v) is 5.15. The monoisotopic (exact) mass is 268 g/mol. The van der Waals surface area contributed by atoms with E-state index in [1.54, 1.807) is 11.8 Å². The molecule has 1 aromatic heterocycles. The van der Waals surface area contributed by atoms with Crippen LogP contribution in [0.1, 0.15) is 33.6 Å². The van der Waals surface area contributed by atoms with Crippen LogP contribution in [0.4, 0.5) is 11.6 Å². The van der Waals surface area contributed by atoms with Crippen LogP contribution in [0, 0.1) is 0 Å². The highest BCUT2D eigenvalue weighted by atomic mass is 32.2. The molecular weight excluding hydrogens is 244 g/mol. The van der Waals surface area contributed by atoms with Crippen LogP contribution in [0.2, 0.25) is 0 Å². The van der Waals surface area contributed by atoms with Crippen molar-refractivity contribution in [2.45, 2.75) is 44.8 Å². The third-order valence-corrected chi connectivity index (χ3v) is 3.51. The lowest BCUT2D eigenvalue weighted by Crippen LogP contribution is -2.29. The van der Waals surface area contributed by atoms with Crippen LogP contribution >= 0.6 is 11.8 Å². The average molecular weight is 268 g/mol. The SMILES string of the molecule is CCCC(C)N(C)c1cc(NCC)nc(SC)n1. The molecule has 1 atom stereocenters. The number of thioether (sulfide) groups is 1. The van der Waals surface area contributed by atoms with Gasteiger partial charge in [0.05, 0.1) is 0 Å². The number of rotatable bonds is 7. The summed E-state index contributed by atoms with van der Waals surface area (Å²) in [6, 6.07) is 2.52. The van der Waals surface area contributed by atoms with Crippen molar-refractivity contribution in [2.75, 3.05) is 30.1 Å². The first-order valence-corrected chi connectivity index (χ1v) is 7.74. The van der Waals surface area contributed by atoms with E-state index in [9.17, 15) is 0 Å². The number of nitrogens with one attached hydrogen (secondary N) is 1. The van der Waals surface area contributed by atoms with Crippen LogP contribution in [0.15, 0.2) is 11.2 Å². The van der Waals surface area contributed by atoms with Gasteiger partial charge in [0.25, 0.3) is 0 Å². The van der Waals surface area contributed by atoms with Gasteiger partial charge in [0.2, 0.25) is 0 Å². The lowest BCUT2D eigenvalue weighted by molar-refractivity contribution is 0.608. The predicted molar refractivity (Wildman–Crippen MR) is 80.7 cm³/mol. The third-order valence-electron chi connectivity index (χ3n) is 2.96. The fraction of sp³-hybridized carbons (Fsp3) is 0.692. The van der Waals surface area contributed by atoms with Crippen molar-refractivity contribution in [1.82, 2.24) is 9.97 Å². The van der Waals surface area contributed by atoms with Gasteiger partial charge in [0, 0.05) is 25.7 Å². The van der Waals surface area contributed by atoms with Crippen LogP contribution in [-0.2, 0) is 0 Å². The number of hydrogen-bond acceptors (Lipinski definition) is 5. The van der Waals surface area contributed by atoms with E-state index in [0.717, 1.165) is 23.3 Å². The normalized spacial score (nSPS) is 12.3. The predicted octanol–water partition coefficient (Wildman–Crippen LogP) is 3.26. The molecule has 1 aromatic rings. The molecule has 0 saturated heterocycles. The minimum absolute atomic E-state index is 0.495. The second kappa shape index (κ2) is 7.46. The van der Waals surface area contributed by atoms with Crippen LogP contribution in [0.25, 0.3) is 0 Å². The van der Waals surface area contributed by atoms with Crippen LogP contribution < -0.4 is 10.2 Å². The number of hydrogen-bond donors (Lipinski definition) is 1. The van der Waals surface area contributed by atoms with Gasteiger partial charge in [-0.15, -0.1) is 0 Å². The molecule has 5 heteroatoms. The molecule has 0 bridgehead atoms. The lowest BCUT2D eigenvalue weighted by Gasteiger charge is -2.26. The van der Waals surface area contributed by atoms with E-state index in [-0.39, 0.29) is 0 Å². The third kappa shape index (κ3) is 4.05. The van der Waals surface area contributed by atoms with Gasteiger partial charge in [-0.05, 0) is 26.5 Å². The molecule has 0 amide bonds. The summed E-state index contributed by atoms with van der Waals surface area (Å²) in [5.74, 6) is 1.90. The van der Waals surface area contributed by atoms with E-state index >= 15 is 0 Å². The summed E-state index contributed by atoms with van der Waals surface area (Å²) >= 11 is 1.58. The molecule has 0 aliphatic rings. The number of aromatic nitrogens is 2. The van der Waals surface area contributed by atoms with Crippen molar-refractivity contribution in [3.63, 3.8) is 0 Å². The molecular formula is C13H24N4S. The van der Waals surface area contributed by atoms with Crippen molar-refractivity contribution in [3.05, 3.63) is 6.07 Å². The van der Waals surface area contributed by atoms with E-state index in [1.807, 2.05) is 12.3 Å². The molecule has 0 spiro atoms. The summed E-state index contributed by atoms with van der Waals surface area (Å²) in [4.78, 5) is 11.2. The molecule has 1 unspecified atom stereocenters. The summed E-state index contributed by atoms with van der Waals surface area (Å²) in [6.07, 6.45) is 4.36. The topological polar surface area (TPSA) is 41.0 Å². The van der Waals surface area contributed by atoms with Gasteiger partial charge in [-0.2, -0.15) is 0 Å². The molecule has 1 heterocycles. The minimum atomic E-state index is 0.495. The molecule has 0 radical (unpaired) electrons. The van der Waals surface area contributed by atoms with Gasteiger partial charge >= 0.3 is 0 Å². The molecule has 0 aromatic carbocycles. The maximum absolute atomic E-state index is 4.58. The second-order valence-electron chi connectivity index (χ2n) is 4.38. The zero-order chi connectivity index (χ0) is 13.5. The summed E-state index contributed by atoms with van der Waals surface area (Å²) in [5, 5.41) is 4.08.